The maximum atomic E-state index is 11.5. The summed E-state index contributed by atoms with van der Waals surface area (Å²) in [6.07, 6.45) is 4.96. The highest BCUT2D eigenvalue weighted by atomic mass is 16.5. The van der Waals surface area contributed by atoms with Crippen molar-refractivity contribution < 1.29 is 14.6 Å². The Kier molecular flexibility index (Phi) is 5.66. The molecule has 1 aliphatic carbocycles. The van der Waals surface area contributed by atoms with Crippen LogP contribution in [0.5, 0.6) is 5.75 Å². The van der Waals surface area contributed by atoms with Gasteiger partial charge in [-0.2, -0.15) is 0 Å². The van der Waals surface area contributed by atoms with E-state index in [0.717, 1.165) is 50.0 Å². The first-order valence-electron chi connectivity index (χ1n) is 8.11. The van der Waals surface area contributed by atoms with Crippen LogP contribution in [-0.4, -0.2) is 17.7 Å². The van der Waals surface area contributed by atoms with Crippen LogP contribution >= 0.6 is 0 Å². The second-order valence-electron chi connectivity index (χ2n) is 6.06. The molecule has 1 aromatic carbocycles. The van der Waals surface area contributed by atoms with Gasteiger partial charge >= 0.3 is 5.97 Å². The summed E-state index contributed by atoms with van der Waals surface area (Å²) in [4.78, 5) is 11.5. The molecule has 3 atom stereocenters. The van der Waals surface area contributed by atoms with Gasteiger partial charge in [-0.1, -0.05) is 32.4 Å². The Labute approximate surface area is 127 Å². The molecular formula is C18H26O3. The van der Waals surface area contributed by atoms with Crippen molar-refractivity contribution in [2.75, 3.05) is 6.61 Å². The summed E-state index contributed by atoms with van der Waals surface area (Å²) in [5, 5.41) is 9.47. The fourth-order valence-corrected chi connectivity index (χ4v) is 3.32. The van der Waals surface area contributed by atoms with E-state index in [1.807, 2.05) is 24.3 Å². The first-order valence-corrected chi connectivity index (χ1v) is 8.11. The van der Waals surface area contributed by atoms with E-state index in [4.69, 9.17) is 4.74 Å². The van der Waals surface area contributed by atoms with Crippen LogP contribution in [0.4, 0.5) is 0 Å². The Morgan fingerprint density at radius 2 is 1.95 bits per heavy atom. The van der Waals surface area contributed by atoms with E-state index in [2.05, 4.69) is 13.8 Å². The molecule has 1 aromatic rings. The van der Waals surface area contributed by atoms with Gasteiger partial charge in [-0.05, 0) is 55.2 Å². The zero-order valence-electron chi connectivity index (χ0n) is 13.0. The topological polar surface area (TPSA) is 46.5 Å². The number of rotatable bonds is 6. The van der Waals surface area contributed by atoms with E-state index in [1.54, 1.807) is 0 Å². The number of hydrogen-bond acceptors (Lipinski definition) is 2. The Morgan fingerprint density at radius 3 is 2.52 bits per heavy atom. The lowest BCUT2D eigenvalue weighted by molar-refractivity contribution is -0.143. The summed E-state index contributed by atoms with van der Waals surface area (Å²) in [6, 6.07) is 8.03. The van der Waals surface area contributed by atoms with Crippen molar-refractivity contribution in [3.63, 3.8) is 0 Å². The second-order valence-corrected chi connectivity index (χ2v) is 6.06. The van der Waals surface area contributed by atoms with Gasteiger partial charge in [-0.3, -0.25) is 4.79 Å². The van der Waals surface area contributed by atoms with Crippen molar-refractivity contribution in [3.05, 3.63) is 29.8 Å². The smallest absolute Gasteiger partial charge is 0.307 e. The Morgan fingerprint density at radius 1 is 1.24 bits per heavy atom. The Bertz CT molecular complexity index is 452. The second kappa shape index (κ2) is 7.48. The molecule has 2 rings (SSSR count). The highest BCUT2D eigenvalue weighted by molar-refractivity contribution is 5.71. The third-order valence-corrected chi connectivity index (χ3v) is 4.63. The SMILES string of the molecule is CCCOc1ccc(C2CC(CC)CCC2C(=O)O)cc1. The van der Waals surface area contributed by atoms with E-state index >= 15 is 0 Å². The van der Waals surface area contributed by atoms with Crippen LogP contribution < -0.4 is 4.74 Å². The summed E-state index contributed by atoms with van der Waals surface area (Å²) in [7, 11) is 0. The zero-order chi connectivity index (χ0) is 15.2. The zero-order valence-corrected chi connectivity index (χ0v) is 13.0. The van der Waals surface area contributed by atoms with Crippen molar-refractivity contribution in [1.82, 2.24) is 0 Å². The van der Waals surface area contributed by atoms with Gasteiger partial charge in [-0.15, -0.1) is 0 Å². The average Bonchev–Trinajstić information content (AvgIpc) is 2.52. The minimum atomic E-state index is -0.652. The van der Waals surface area contributed by atoms with Crippen LogP contribution in [0, 0.1) is 11.8 Å². The minimum Gasteiger partial charge on any atom is -0.494 e. The Hall–Kier alpha value is -1.51. The van der Waals surface area contributed by atoms with E-state index in [-0.39, 0.29) is 11.8 Å². The molecule has 0 heterocycles. The molecule has 1 saturated carbocycles. The summed E-state index contributed by atoms with van der Waals surface area (Å²) >= 11 is 0. The van der Waals surface area contributed by atoms with Gasteiger partial charge in [-0.25, -0.2) is 0 Å². The molecule has 0 aliphatic heterocycles. The molecule has 116 valence electrons. The molecule has 1 fully saturated rings. The van der Waals surface area contributed by atoms with Crippen LogP contribution in [0.1, 0.15) is 57.4 Å². The number of benzene rings is 1. The first-order chi connectivity index (χ1) is 10.2. The number of hydrogen-bond donors (Lipinski definition) is 1. The number of carboxylic acids is 1. The van der Waals surface area contributed by atoms with E-state index < -0.39 is 5.97 Å². The average molecular weight is 290 g/mol. The molecule has 3 heteroatoms. The molecule has 21 heavy (non-hydrogen) atoms. The number of carbonyl (C=O) groups is 1. The van der Waals surface area contributed by atoms with Gasteiger partial charge in [0, 0.05) is 0 Å². The van der Waals surface area contributed by atoms with Gasteiger partial charge in [0.1, 0.15) is 5.75 Å². The molecule has 1 aliphatic rings. The lowest BCUT2D eigenvalue weighted by Crippen LogP contribution is -2.29. The van der Waals surface area contributed by atoms with Crippen molar-refractivity contribution in [1.29, 1.82) is 0 Å². The number of aliphatic carboxylic acids is 1. The highest BCUT2D eigenvalue weighted by Crippen LogP contribution is 2.42. The standard InChI is InChI=1S/C18H26O3/c1-3-11-21-15-8-6-14(7-9-15)17-12-13(4-2)5-10-16(17)18(19)20/h6-9,13,16-17H,3-5,10-12H2,1-2H3,(H,19,20). The molecule has 0 saturated heterocycles. The summed E-state index contributed by atoms with van der Waals surface area (Å²) in [5.74, 6) is 0.773. The highest BCUT2D eigenvalue weighted by Gasteiger charge is 2.35. The summed E-state index contributed by atoms with van der Waals surface area (Å²) < 4.78 is 5.60. The Balaban J connectivity index is 2.13. The lowest BCUT2D eigenvalue weighted by Gasteiger charge is -2.34. The van der Waals surface area contributed by atoms with Crippen molar-refractivity contribution in [3.8, 4) is 5.75 Å². The third-order valence-electron chi connectivity index (χ3n) is 4.63. The maximum Gasteiger partial charge on any atom is 0.307 e. The first kappa shape index (κ1) is 15.9. The molecule has 3 nitrogen and oxygen atoms in total. The summed E-state index contributed by atoms with van der Waals surface area (Å²) in [5.41, 5.74) is 1.14. The quantitative estimate of drug-likeness (QED) is 0.840. The molecule has 0 amide bonds. The van der Waals surface area contributed by atoms with Gasteiger partial charge < -0.3 is 9.84 Å². The van der Waals surface area contributed by atoms with Crippen molar-refractivity contribution >= 4 is 5.97 Å². The van der Waals surface area contributed by atoms with Gasteiger partial charge in [0.15, 0.2) is 0 Å². The summed E-state index contributed by atoms with van der Waals surface area (Å²) in [6.45, 7) is 5.00. The maximum absolute atomic E-state index is 11.5. The largest absolute Gasteiger partial charge is 0.494 e. The lowest BCUT2D eigenvalue weighted by atomic mass is 9.70. The molecule has 3 unspecified atom stereocenters. The molecular weight excluding hydrogens is 264 g/mol. The predicted octanol–water partition coefficient (Wildman–Crippen LogP) is 4.47. The van der Waals surface area contributed by atoms with E-state index in [1.165, 1.54) is 0 Å². The number of carboxylic acid groups (broad SMARTS) is 1. The van der Waals surface area contributed by atoms with Crippen LogP contribution in [0.15, 0.2) is 24.3 Å². The molecule has 0 bridgehead atoms. The fraction of sp³-hybridized carbons (Fsp3) is 0.611. The van der Waals surface area contributed by atoms with Crippen molar-refractivity contribution in [2.24, 2.45) is 11.8 Å². The molecule has 0 radical (unpaired) electrons. The van der Waals surface area contributed by atoms with Crippen LogP contribution in [0.3, 0.4) is 0 Å². The van der Waals surface area contributed by atoms with E-state index in [9.17, 15) is 9.90 Å². The molecule has 0 aromatic heterocycles. The molecule has 0 spiro atoms. The van der Waals surface area contributed by atoms with Crippen LogP contribution in [-0.2, 0) is 4.79 Å². The number of ether oxygens (including phenoxy) is 1. The van der Waals surface area contributed by atoms with E-state index in [0.29, 0.717) is 5.92 Å². The third kappa shape index (κ3) is 3.99. The van der Waals surface area contributed by atoms with Gasteiger partial charge in [0.2, 0.25) is 0 Å². The minimum absolute atomic E-state index is 0.140. The van der Waals surface area contributed by atoms with Gasteiger partial charge in [0.25, 0.3) is 0 Å². The van der Waals surface area contributed by atoms with Gasteiger partial charge in [0.05, 0.1) is 12.5 Å². The normalized spacial score (nSPS) is 25.5. The molecule has 1 N–H and O–H groups in total. The predicted molar refractivity (Wildman–Crippen MR) is 83.7 cm³/mol. The van der Waals surface area contributed by atoms with Crippen LogP contribution in [0.2, 0.25) is 0 Å². The fourth-order valence-electron chi connectivity index (χ4n) is 3.32. The van der Waals surface area contributed by atoms with Crippen LogP contribution in [0.25, 0.3) is 0 Å². The monoisotopic (exact) mass is 290 g/mol. The van der Waals surface area contributed by atoms with Crippen molar-refractivity contribution in [2.45, 2.75) is 51.9 Å².